The minimum absolute atomic E-state index is 0. The molecule has 0 spiro atoms. The Kier molecular flexibility index (Phi) is 3.62. The molecule has 2 N–H and O–H groups in total. The average molecular weight is 105 g/mol. The first kappa shape index (κ1) is 7.77. The number of rotatable bonds is 1. The summed E-state index contributed by atoms with van der Waals surface area (Å²) < 4.78 is 0. The Bertz CT molecular complexity index is 129. The monoisotopic (exact) mass is 105 g/mol. The van der Waals surface area contributed by atoms with Gasteiger partial charge in [0, 0.05) is 30.6 Å². The summed E-state index contributed by atoms with van der Waals surface area (Å²) >= 11 is 0. The number of aromatic nitrogens is 2. The number of hydrogen-bond acceptors (Lipinski definition) is 2. The number of nitrogens with one attached hydrogen (secondary N) is 1. The molecule has 0 aromatic carbocycles. The van der Waals surface area contributed by atoms with Crippen molar-refractivity contribution >= 4 is 18.9 Å². The largest absolute Gasteiger partial charge is 0.392 e. The van der Waals surface area contributed by atoms with Crippen molar-refractivity contribution < 1.29 is 5.11 Å². The first-order valence-electron chi connectivity index (χ1n) is 2.02. The third kappa shape index (κ3) is 1.71. The SMILES string of the molecule is OCc1cn[nH]c1.[Li]. The van der Waals surface area contributed by atoms with Crippen LogP contribution in [0.2, 0.25) is 0 Å². The van der Waals surface area contributed by atoms with E-state index in [1.54, 1.807) is 12.4 Å². The molecule has 0 bridgehead atoms. The third-order valence-corrected chi connectivity index (χ3v) is 0.737. The minimum atomic E-state index is 0. The smallest absolute Gasteiger partial charge is 0.0712 e. The molecular weight excluding hydrogens is 99.0 g/mol. The third-order valence-electron chi connectivity index (χ3n) is 0.737. The van der Waals surface area contributed by atoms with Crippen LogP contribution in [0.4, 0.5) is 0 Å². The van der Waals surface area contributed by atoms with Crippen molar-refractivity contribution in [1.82, 2.24) is 10.2 Å². The summed E-state index contributed by atoms with van der Waals surface area (Å²) in [7, 11) is 0. The first-order valence-corrected chi connectivity index (χ1v) is 2.02. The van der Waals surface area contributed by atoms with Crippen LogP contribution in [0.5, 0.6) is 0 Å². The predicted molar refractivity (Wildman–Crippen MR) is 30.3 cm³/mol. The van der Waals surface area contributed by atoms with E-state index in [0.29, 0.717) is 0 Å². The molecule has 1 radical (unpaired) electrons. The van der Waals surface area contributed by atoms with E-state index in [1.165, 1.54) is 0 Å². The van der Waals surface area contributed by atoms with Crippen molar-refractivity contribution in [2.24, 2.45) is 0 Å². The van der Waals surface area contributed by atoms with Gasteiger partial charge < -0.3 is 5.11 Å². The molecule has 0 unspecified atom stereocenters. The predicted octanol–water partition coefficient (Wildman–Crippen LogP) is -0.479. The van der Waals surface area contributed by atoms with E-state index < -0.39 is 0 Å². The zero-order chi connectivity index (χ0) is 5.11. The molecular formula is C4H6LiN2O. The molecule has 0 fully saturated rings. The molecule has 1 heterocycles. The Morgan fingerprint density at radius 3 is 2.75 bits per heavy atom. The molecule has 0 saturated carbocycles. The fourth-order valence-corrected chi connectivity index (χ4v) is 0.364. The van der Waals surface area contributed by atoms with Crippen molar-refractivity contribution in [3.63, 3.8) is 0 Å². The van der Waals surface area contributed by atoms with Crippen LogP contribution in [0, 0.1) is 0 Å². The van der Waals surface area contributed by atoms with Gasteiger partial charge in [-0.05, 0) is 0 Å². The Labute approximate surface area is 59.3 Å². The molecule has 3 nitrogen and oxygen atoms in total. The molecule has 39 valence electrons. The van der Waals surface area contributed by atoms with Gasteiger partial charge in [0.05, 0.1) is 12.8 Å². The van der Waals surface area contributed by atoms with Gasteiger partial charge in [-0.3, -0.25) is 5.10 Å². The standard InChI is InChI=1S/C4H6N2O.Li/c7-3-4-1-5-6-2-4;/h1-2,7H,3H2,(H,5,6);. The summed E-state index contributed by atoms with van der Waals surface area (Å²) in [5.74, 6) is 0. The van der Waals surface area contributed by atoms with Crippen LogP contribution in [-0.4, -0.2) is 34.2 Å². The summed E-state index contributed by atoms with van der Waals surface area (Å²) in [6, 6.07) is 0. The Hall–Kier alpha value is -0.233. The second kappa shape index (κ2) is 3.73. The second-order valence-electron chi connectivity index (χ2n) is 1.26. The number of nitrogens with zero attached hydrogens (tertiary/aromatic N) is 1. The molecule has 0 amide bonds. The molecule has 0 aliphatic carbocycles. The van der Waals surface area contributed by atoms with E-state index in [9.17, 15) is 0 Å². The molecule has 1 aromatic rings. The van der Waals surface area contributed by atoms with Gasteiger partial charge in [-0.1, -0.05) is 0 Å². The molecule has 0 aliphatic heterocycles. The minimum Gasteiger partial charge on any atom is -0.392 e. The summed E-state index contributed by atoms with van der Waals surface area (Å²) in [5, 5.41) is 14.5. The number of aliphatic hydroxyl groups excluding tert-OH is 1. The molecule has 0 saturated heterocycles. The molecule has 0 atom stereocenters. The van der Waals surface area contributed by atoms with Crippen molar-refractivity contribution in [2.45, 2.75) is 6.61 Å². The van der Waals surface area contributed by atoms with Crippen molar-refractivity contribution in [3.05, 3.63) is 18.0 Å². The Morgan fingerprint density at radius 2 is 2.50 bits per heavy atom. The fraction of sp³-hybridized carbons (Fsp3) is 0.250. The van der Waals surface area contributed by atoms with Crippen molar-refractivity contribution in [1.29, 1.82) is 0 Å². The molecule has 1 aromatic heterocycles. The number of aliphatic hydroxyl groups is 1. The molecule has 8 heavy (non-hydrogen) atoms. The Morgan fingerprint density at radius 1 is 1.75 bits per heavy atom. The van der Waals surface area contributed by atoms with Crippen LogP contribution >= 0.6 is 0 Å². The Balaban J connectivity index is 0.000000490. The van der Waals surface area contributed by atoms with Gasteiger partial charge in [0.2, 0.25) is 0 Å². The van der Waals surface area contributed by atoms with Crippen LogP contribution in [0.25, 0.3) is 0 Å². The van der Waals surface area contributed by atoms with Gasteiger partial charge in [-0.25, -0.2) is 0 Å². The molecule has 4 heteroatoms. The zero-order valence-corrected chi connectivity index (χ0v) is 4.76. The maximum absolute atomic E-state index is 8.37. The first-order chi connectivity index (χ1) is 3.43. The normalized spacial score (nSPS) is 8.12. The van der Waals surface area contributed by atoms with E-state index in [0.717, 1.165) is 5.56 Å². The zero-order valence-electron chi connectivity index (χ0n) is 4.76. The maximum Gasteiger partial charge on any atom is 0.0712 e. The quantitative estimate of drug-likeness (QED) is 0.474. The van der Waals surface area contributed by atoms with E-state index in [-0.39, 0.29) is 25.5 Å². The maximum atomic E-state index is 8.37. The van der Waals surface area contributed by atoms with Crippen LogP contribution < -0.4 is 0 Å². The summed E-state index contributed by atoms with van der Waals surface area (Å²) in [4.78, 5) is 0. The number of H-pyrrole nitrogens is 1. The fourth-order valence-electron chi connectivity index (χ4n) is 0.364. The van der Waals surface area contributed by atoms with Crippen LogP contribution in [0.1, 0.15) is 5.56 Å². The van der Waals surface area contributed by atoms with Gasteiger partial charge in [0.1, 0.15) is 0 Å². The van der Waals surface area contributed by atoms with Gasteiger partial charge in [0.15, 0.2) is 0 Å². The van der Waals surface area contributed by atoms with E-state index in [4.69, 9.17) is 5.11 Å². The van der Waals surface area contributed by atoms with Gasteiger partial charge in [0.25, 0.3) is 0 Å². The van der Waals surface area contributed by atoms with Gasteiger partial charge in [-0.2, -0.15) is 5.10 Å². The van der Waals surface area contributed by atoms with Crippen LogP contribution in [0.15, 0.2) is 12.4 Å². The summed E-state index contributed by atoms with van der Waals surface area (Å²) in [6.45, 7) is 0.0660. The van der Waals surface area contributed by atoms with E-state index in [1.807, 2.05) is 0 Å². The van der Waals surface area contributed by atoms with Crippen LogP contribution in [-0.2, 0) is 6.61 Å². The van der Waals surface area contributed by atoms with E-state index >= 15 is 0 Å². The second-order valence-corrected chi connectivity index (χ2v) is 1.26. The molecule has 0 aliphatic rings. The average Bonchev–Trinajstić information content (AvgIpc) is 2.14. The topological polar surface area (TPSA) is 48.9 Å². The number of aromatic amines is 1. The van der Waals surface area contributed by atoms with E-state index in [2.05, 4.69) is 10.2 Å². The summed E-state index contributed by atoms with van der Waals surface area (Å²) in [5.41, 5.74) is 0.819. The molecule has 1 rings (SSSR count). The van der Waals surface area contributed by atoms with Gasteiger partial charge in [-0.15, -0.1) is 0 Å². The summed E-state index contributed by atoms with van der Waals surface area (Å²) in [6.07, 6.45) is 3.24. The van der Waals surface area contributed by atoms with Gasteiger partial charge >= 0.3 is 0 Å². The van der Waals surface area contributed by atoms with Crippen molar-refractivity contribution in [2.75, 3.05) is 0 Å². The number of hydrogen-bond donors (Lipinski definition) is 2. The van der Waals surface area contributed by atoms with Crippen molar-refractivity contribution in [3.8, 4) is 0 Å². The van der Waals surface area contributed by atoms with Crippen LogP contribution in [0.3, 0.4) is 0 Å².